The molecule has 4 aromatic rings. The van der Waals surface area contributed by atoms with Gasteiger partial charge in [-0.05, 0) is 53.1 Å². The molecule has 0 fully saturated rings. The number of carbonyl (C=O) groups is 2. The number of hydrogen-bond acceptors (Lipinski definition) is 5. The third-order valence-corrected chi connectivity index (χ3v) is 6.67. The van der Waals surface area contributed by atoms with Crippen molar-refractivity contribution in [3.63, 3.8) is 0 Å². The molecule has 1 N–H and O–H groups in total. The van der Waals surface area contributed by atoms with Crippen LogP contribution < -0.4 is 19.5 Å². The summed E-state index contributed by atoms with van der Waals surface area (Å²) < 4.78 is 30.2. The Morgan fingerprint density at radius 2 is 1.60 bits per heavy atom. The monoisotopic (exact) mass is 560 g/mol. The lowest BCUT2D eigenvalue weighted by atomic mass is 10.0. The highest BCUT2D eigenvalue weighted by Crippen LogP contribution is 2.32. The lowest BCUT2D eigenvalue weighted by Gasteiger charge is -2.31. The van der Waals surface area contributed by atoms with Crippen LogP contribution in [0.4, 0.5) is 4.39 Å². The van der Waals surface area contributed by atoms with E-state index in [1.165, 1.54) is 17.0 Å². The van der Waals surface area contributed by atoms with Crippen molar-refractivity contribution < 1.29 is 28.2 Å². The normalized spacial score (nSPS) is 12.4. The molecule has 0 unspecified atom stereocenters. The number of rotatable bonds is 10. The zero-order chi connectivity index (χ0) is 27.9. The predicted molar refractivity (Wildman–Crippen MR) is 147 cm³/mol. The van der Waals surface area contributed by atoms with Gasteiger partial charge in [0.15, 0.2) is 18.1 Å². The van der Waals surface area contributed by atoms with Crippen LogP contribution in [0.5, 0.6) is 17.2 Å². The van der Waals surface area contributed by atoms with E-state index in [4.69, 9.17) is 25.8 Å². The van der Waals surface area contributed by atoms with Crippen molar-refractivity contribution in [1.29, 1.82) is 0 Å². The van der Waals surface area contributed by atoms with Crippen LogP contribution >= 0.6 is 11.6 Å². The molecule has 5 rings (SSSR count). The second-order valence-electron chi connectivity index (χ2n) is 9.09. The Labute approximate surface area is 236 Å². The second kappa shape index (κ2) is 12.5. The van der Waals surface area contributed by atoms with Crippen LogP contribution in [0.2, 0.25) is 5.02 Å². The fourth-order valence-electron chi connectivity index (χ4n) is 4.34. The van der Waals surface area contributed by atoms with Crippen LogP contribution in [0, 0.1) is 5.82 Å². The van der Waals surface area contributed by atoms with Crippen molar-refractivity contribution in [1.82, 2.24) is 10.2 Å². The first kappa shape index (κ1) is 27.0. The van der Waals surface area contributed by atoms with Crippen molar-refractivity contribution in [3.05, 3.63) is 125 Å². The van der Waals surface area contributed by atoms with E-state index in [0.717, 1.165) is 5.56 Å². The van der Waals surface area contributed by atoms with Gasteiger partial charge in [0.1, 0.15) is 17.6 Å². The predicted octanol–water partition coefficient (Wildman–Crippen LogP) is 5.67. The summed E-state index contributed by atoms with van der Waals surface area (Å²) in [6, 6.07) is 26.0. The van der Waals surface area contributed by atoms with Crippen molar-refractivity contribution in [2.75, 3.05) is 13.4 Å². The molecular weight excluding hydrogens is 535 g/mol. The molecule has 40 heavy (non-hydrogen) atoms. The minimum atomic E-state index is -0.998. The Kier molecular flexibility index (Phi) is 8.47. The van der Waals surface area contributed by atoms with E-state index in [0.29, 0.717) is 33.4 Å². The van der Waals surface area contributed by atoms with Gasteiger partial charge >= 0.3 is 0 Å². The summed E-state index contributed by atoms with van der Waals surface area (Å²) in [5.41, 5.74) is 2.07. The largest absolute Gasteiger partial charge is 0.482 e. The number of para-hydroxylation sites is 1. The Hall–Kier alpha value is -4.56. The van der Waals surface area contributed by atoms with Gasteiger partial charge in [0, 0.05) is 13.1 Å². The molecule has 0 aliphatic carbocycles. The molecule has 0 saturated carbocycles. The fourth-order valence-corrected chi connectivity index (χ4v) is 4.53. The molecular formula is C31H26ClFN2O5. The summed E-state index contributed by atoms with van der Waals surface area (Å²) in [4.78, 5) is 28.9. The number of ether oxygens (including phenoxy) is 3. The summed E-state index contributed by atoms with van der Waals surface area (Å²) in [6.07, 6.45) is 0. The second-order valence-corrected chi connectivity index (χ2v) is 9.49. The highest BCUT2D eigenvalue weighted by molar-refractivity contribution is 6.32. The van der Waals surface area contributed by atoms with E-state index < -0.39 is 23.7 Å². The molecule has 0 saturated heterocycles. The van der Waals surface area contributed by atoms with E-state index in [2.05, 4.69) is 5.32 Å². The van der Waals surface area contributed by atoms with Crippen LogP contribution in [0.1, 0.15) is 22.7 Å². The van der Waals surface area contributed by atoms with E-state index in [1.807, 2.05) is 12.1 Å². The molecule has 0 radical (unpaired) electrons. The maximum atomic E-state index is 13.8. The Bertz CT molecular complexity index is 1480. The molecule has 0 spiro atoms. The zero-order valence-electron chi connectivity index (χ0n) is 21.4. The zero-order valence-corrected chi connectivity index (χ0v) is 22.1. The fraction of sp³-hybridized carbons (Fsp3) is 0.161. The molecule has 0 aromatic heterocycles. The summed E-state index contributed by atoms with van der Waals surface area (Å²) in [5, 5.41) is 3.31. The number of benzene rings is 4. The molecule has 2 amide bonds. The third kappa shape index (κ3) is 6.52. The quantitative estimate of drug-likeness (QED) is 0.270. The maximum absolute atomic E-state index is 13.8. The average molecular weight is 561 g/mol. The van der Waals surface area contributed by atoms with Crippen LogP contribution in [0.15, 0.2) is 97.1 Å². The molecule has 1 heterocycles. The number of nitrogens with one attached hydrogen (secondary N) is 1. The molecule has 204 valence electrons. The number of nitrogens with zero attached hydrogens (tertiary/aromatic N) is 1. The number of hydrogen-bond donors (Lipinski definition) is 1. The van der Waals surface area contributed by atoms with Gasteiger partial charge in [0.2, 0.25) is 12.7 Å². The number of halogens is 2. The topological polar surface area (TPSA) is 77.1 Å². The van der Waals surface area contributed by atoms with Gasteiger partial charge in [-0.1, -0.05) is 72.3 Å². The summed E-state index contributed by atoms with van der Waals surface area (Å²) in [5.74, 6) is 0.365. The van der Waals surface area contributed by atoms with Crippen LogP contribution in [0.25, 0.3) is 0 Å². The van der Waals surface area contributed by atoms with Crippen molar-refractivity contribution >= 4 is 23.4 Å². The van der Waals surface area contributed by atoms with Gasteiger partial charge in [0.05, 0.1) is 5.02 Å². The Morgan fingerprint density at radius 3 is 2.38 bits per heavy atom. The first-order valence-electron chi connectivity index (χ1n) is 12.6. The first-order valence-corrected chi connectivity index (χ1v) is 13.0. The standard InChI is InChI=1S/C31H26ClFN2O5/c32-25-8-4-5-9-26(25)38-19-29(36)35(18-21-10-13-24(33)14-11-21)30(23-6-2-1-3-7-23)31(37)34-17-22-12-15-27-28(16-22)40-20-39-27/h1-16,30H,17-20H2,(H,34,37)/t30-/m0/s1. The number of fused-ring (bicyclic) bond motifs is 1. The highest BCUT2D eigenvalue weighted by Gasteiger charge is 2.32. The maximum Gasteiger partial charge on any atom is 0.261 e. The molecule has 1 aliphatic heterocycles. The summed E-state index contributed by atoms with van der Waals surface area (Å²) in [7, 11) is 0. The number of amides is 2. The van der Waals surface area contributed by atoms with Crippen LogP contribution in [-0.2, 0) is 22.7 Å². The van der Waals surface area contributed by atoms with E-state index >= 15 is 0 Å². The summed E-state index contributed by atoms with van der Waals surface area (Å²) in [6.45, 7) is 0.0388. The van der Waals surface area contributed by atoms with Gasteiger partial charge in [-0.3, -0.25) is 9.59 Å². The minimum Gasteiger partial charge on any atom is -0.482 e. The van der Waals surface area contributed by atoms with E-state index in [-0.39, 0.29) is 26.5 Å². The van der Waals surface area contributed by atoms with Gasteiger partial charge in [-0.15, -0.1) is 0 Å². The van der Waals surface area contributed by atoms with E-state index in [1.54, 1.807) is 72.8 Å². The van der Waals surface area contributed by atoms with Crippen molar-refractivity contribution in [2.24, 2.45) is 0 Å². The third-order valence-electron chi connectivity index (χ3n) is 6.35. The minimum absolute atomic E-state index is 0.0437. The summed E-state index contributed by atoms with van der Waals surface area (Å²) >= 11 is 6.21. The van der Waals surface area contributed by atoms with Crippen LogP contribution in [0.3, 0.4) is 0 Å². The van der Waals surface area contributed by atoms with Gasteiger partial charge in [-0.2, -0.15) is 0 Å². The van der Waals surface area contributed by atoms with Gasteiger partial charge < -0.3 is 24.4 Å². The SMILES string of the molecule is O=C(NCc1ccc2c(c1)OCO2)[C@H](c1ccccc1)N(Cc1ccc(F)cc1)C(=O)COc1ccccc1Cl. The van der Waals surface area contributed by atoms with E-state index in [9.17, 15) is 14.0 Å². The van der Waals surface area contributed by atoms with Crippen molar-refractivity contribution in [3.8, 4) is 17.2 Å². The smallest absolute Gasteiger partial charge is 0.261 e. The Morgan fingerprint density at radius 1 is 0.900 bits per heavy atom. The molecule has 9 heteroatoms. The lowest BCUT2D eigenvalue weighted by molar-refractivity contribution is -0.143. The molecule has 7 nitrogen and oxygen atoms in total. The van der Waals surface area contributed by atoms with Gasteiger partial charge in [0.25, 0.3) is 5.91 Å². The molecule has 1 atom stereocenters. The van der Waals surface area contributed by atoms with Crippen LogP contribution in [-0.4, -0.2) is 30.1 Å². The molecule has 0 bridgehead atoms. The molecule has 4 aromatic carbocycles. The van der Waals surface area contributed by atoms with Gasteiger partial charge in [-0.25, -0.2) is 4.39 Å². The molecule has 1 aliphatic rings. The first-order chi connectivity index (χ1) is 19.5. The lowest BCUT2D eigenvalue weighted by Crippen LogP contribution is -2.45. The number of carbonyl (C=O) groups excluding carboxylic acids is 2. The van der Waals surface area contributed by atoms with Crippen molar-refractivity contribution in [2.45, 2.75) is 19.1 Å². The average Bonchev–Trinajstić information content (AvgIpc) is 3.45. The highest BCUT2D eigenvalue weighted by atomic mass is 35.5. The Balaban J connectivity index is 1.42.